The largest absolute Gasteiger partial charge is 0.229 e. The van der Waals surface area contributed by atoms with E-state index in [0.717, 1.165) is 15.3 Å². The van der Waals surface area contributed by atoms with E-state index in [2.05, 4.69) is 32.8 Å². The van der Waals surface area contributed by atoms with Gasteiger partial charge in [0.15, 0.2) is 0 Å². The fraction of sp³-hybridized carbons (Fsp3) is 0.333. The van der Waals surface area contributed by atoms with E-state index in [9.17, 15) is 0 Å². The molecule has 0 N–H and O–H groups in total. The first-order valence-corrected chi connectivity index (χ1v) is 5.20. The van der Waals surface area contributed by atoms with Crippen LogP contribution in [-0.2, 0) is 0 Å². The molecular weight excluding hydrogens is 248 g/mol. The van der Waals surface area contributed by atoms with Gasteiger partial charge in [-0.05, 0) is 21.7 Å². The molecule has 0 spiro atoms. The Morgan fingerprint density at radius 1 is 1.64 bits per heavy atom. The predicted molar refractivity (Wildman–Crippen MR) is 51.1 cm³/mol. The van der Waals surface area contributed by atoms with Crippen LogP contribution in [0.25, 0.3) is 0 Å². The molecule has 0 aromatic carbocycles. The quantitative estimate of drug-likeness (QED) is 0.598. The van der Waals surface area contributed by atoms with Crippen molar-refractivity contribution in [2.24, 2.45) is 0 Å². The van der Waals surface area contributed by atoms with Gasteiger partial charge in [-0.15, -0.1) is 11.8 Å². The van der Waals surface area contributed by atoms with Crippen LogP contribution in [0.2, 0.25) is 5.15 Å². The molecule has 60 valence electrons. The van der Waals surface area contributed by atoms with Crippen molar-refractivity contribution in [2.75, 3.05) is 5.75 Å². The van der Waals surface area contributed by atoms with Crippen molar-refractivity contribution in [3.05, 3.63) is 16.0 Å². The summed E-state index contributed by atoms with van der Waals surface area (Å²) in [5.74, 6) is 0.978. The Morgan fingerprint density at radius 2 is 2.36 bits per heavy atom. The standard InChI is InChI=1S/C6H6BrClN2S/c1-2-11-6-4(7)5(8)9-3-10-6/h3H,2H2,1H3. The predicted octanol–water partition coefficient (Wildman–Crippen LogP) is 3.00. The topological polar surface area (TPSA) is 25.8 Å². The van der Waals surface area contributed by atoms with Crippen LogP contribution in [-0.4, -0.2) is 15.7 Å². The van der Waals surface area contributed by atoms with Crippen LogP contribution in [0.3, 0.4) is 0 Å². The summed E-state index contributed by atoms with van der Waals surface area (Å²) in [7, 11) is 0. The highest BCUT2D eigenvalue weighted by atomic mass is 79.9. The number of aromatic nitrogens is 2. The first-order chi connectivity index (χ1) is 5.25. The van der Waals surface area contributed by atoms with Gasteiger partial charge in [-0.2, -0.15) is 0 Å². The summed E-state index contributed by atoms with van der Waals surface area (Å²) < 4.78 is 0.786. The molecule has 0 saturated heterocycles. The van der Waals surface area contributed by atoms with Crippen molar-refractivity contribution in [1.82, 2.24) is 9.97 Å². The molecule has 0 aliphatic rings. The number of thioether (sulfide) groups is 1. The molecule has 1 aromatic rings. The SMILES string of the molecule is CCSc1ncnc(Cl)c1Br. The van der Waals surface area contributed by atoms with Gasteiger partial charge in [-0.3, -0.25) is 0 Å². The minimum absolute atomic E-state index is 0.468. The summed E-state index contributed by atoms with van der Waals surface area (Å²) in [6, 6.07) is 0. The van der Waals surface area contributed by atoms with Gasteiger partial charge < -0.3 is 0 Å². The van der Waals surface area contributed by atoms with Gasteiger partial charge in [0.1, 0.15) is 16.5 Å². The third kappa shape index (κ3) is 2.32. The lowest BCUT2D eigenvalue weighted by atomic mass is 10.7. The zero-order valence-corrected chi connectivity index (χ0v) is 9.00. The van der Waals surface area contributed by atoms with Gasteiger partial charge in [-0.1, -0.05) is 18.5 Å². The second-order valence-corrected chi connectivity index (χ2v) is 4.12. The Kier molecular flexibility index (Phi) is 3.62. The van der Waals surface area contributed by atoms with Gasteiger partial charge >= 0.3 is 0 Å². The van der Waals surface area contributed by atoms with Gasteiger partial charge in [0, 0.05) is 0 Å². The normalized spacial score (nSPS) is 10.1. The first-order valence-electron chi connectivity index (χ1n) is 3.04. The molecule has 0 aliphatic carbocycles. The number of halogens is 2. The van der Waals surface area contributed by atoms with Gasteiger partial charge in [0.25, 0.3) is 0 Å². The Bertz CT molecular complexity index is 256. The molecule has 5 heteroatoms. The van der Waals surface area contributed by atoms with Crippen LogP contribution in [0.4, 0.5) is 0 Å². The fourth-order valence-electron chi connectivity index (χ4n) is 0.571. The molecule has 0 bridgehead atoms. The van der Waals surface area contributed by atoms with E-state index in [1.54, 1.807) is 11.8 Å². The maximum absolute atomic E-state index is 5.74. The van der Waals surface area contributed by atoms with Gasteiger partial charge in [0.2, 0.25) is 0 Å². The van der Waals surface area contributed by atoms with Crippen LogP contribution in [0.15, 0.2) is 15.8 Å². The molecule has 0 fully saturated rings. The van der Waals surface area contributed by atoms with Crippen LogP contribution in [0.5, 0.6) is 0 Å². The third-order valence-electron chi connectivity index (χ3n) is 0.996. The van der Waals surface area contributed by atoms with Crippen molar-refractivity contribution < 1.29 is 0 Å². The van der Waals surface area contributed by atoms with Crippen LogP contribution in [0, 0.1) is 0 Å². The lowest BCUT2D eigenvalue weighted by Crippen LogP contribution is -1.86. The smallest absolute Gasteiger partial charge is 0.147 e. The molecule has 0 saturated carbocycles. The summed E-state index contributed by atoms with van der Waals surface area (Å²) in [6.45, 7) is 2.06. The van der Waals surface area contributed by atoms with E-state index >= 15 is 0 Å². The lowest BCUT2D eigenvalue weighted by molar-refractivity contribution is 1.03. The molecule has 11 heavy (non-hydrogen) atoms. The molecule has 0 aliphatic heterocycles. The van der Waals surface area contributed by atoms with Crippen LogP contribution in [0.1, 0.15) is 6.92 Å². The van der Waals surface area contributed by atoms with Gasteiger partial charge in [0.05, 0.1) is 4.47 Å². The molecule has 0 radical (unpaired) electrons. The molecule has 0 amide bonds. The van der Waals surface area contributed by atoms with E-state index in [1.165, 1.54) is 6.33 Å². The Morgan fingerprint density at radius 3 is 3.00 bits per heavy atom. The zero-order chi connectivity index (χ0) is 8.27. The molecule has 0 atom stereocenters. The maximum atomic E-state index is 5.74. The van der Waals surface area contributed by atoms with E-state index < -0.39 is 0 Å². The summed E-state index contributed by atoms with van der Waals surface area (Å²) in [4.78, 5) is 7.87. The zero-order valence-electron chi connectivity index (χ0n) is 5.84. The molecule has 1 heterocycles. The number of nitrogens with zero attached hydrogens (tertiary/aromatic N) is 2. The fourth-order valence-corrected chi connectivity index (χ4v) is 1.93. The first kappa shape index (κ1) is 9.29. The molecule has 2 nitrogen and oxygen atoms in total. The molecule has 1 aromatic heterocycles. The summed E-state index contributed by atoms with van der Waals surface area (Å²) in [6.07, 6.45) is 1.46. The average molecular weight is 254 g/mol. The number of hydrogen-bond acceptors (Lipinski definition) is 3. The van der Waals surface area contributed by atoms with E-state index in [4.69, 9.17) is 11.6 Å². The van der Waals surface area contributed by atoms with Crippen molar-refractivity contribution >= 4 is 39.3 Å². The van der Waals surface area contributed by atoms with E-state index in [0.29, 0.717) is 5.15 Å². The minimum atomic E-state index is 0.468. The molecule has 1 rings (SSSR count). The number of rotatable bonds is 2. The van der Waals surface area contributed by atoms with Gasteiger partial charge in [-0.25, -0.2) is 9.97 Å². The van der Waals surface area contributed by atoms with E-state index in [1.807, 2.05) is 0 Å². The second kappa shape index (κ2) is 4.28. The highest BCUT2D eigenvalue weighted by Crippen LogP contribution is 2.29. The van der Waals surface area contributed by atoms with E-state index in [-0.39, 0.29) is 0 Å². The lowest BCUT2D eigenvalue weighted by Gasteiger charge is -2.00. The highest BCUT2D eigenvalue weighted by Gasteiger charge is 2.04. The maximum Gasteiger partial charge on any atom is 0.147 e. The average Bonchev–Trinajstić information content (AvgIpc) is 1.99. The van der Waals surface area contributed by atoms with Crippen LogP contribution < -0.4 is 0 Å². The molecular formula is C6H6BrClN2S. The minimum Gasteiger partial charge on any atom is -0.229 e. The second-order valence-electron chi connectivity index (χ2n) is 1.72. The summed E-state index contributed by atoms with van der Waals surface area (Å²) in [5, 5.41) is 1.36. The Balaban J connectivity index is 2.96. The third-order valence-corrected chi connectivity index (χ3v) is 3.40. The Labute approximate surface area is 82.9 Å². The van der Waals surface area contributed by atoms with Crippen molar-refractivity contribution in [3.63, 3.8) is 0 Å². The summed E-state index contributed by atoms with van der Waals surface area (Å²) >= 11 is 10.7. The molecule has 0 unspecified atom stereocenters. The summed E-state index contributed by atoms with van der Waals surface area (Å²) in [5.41, 5.74) is 0. The van der Waals surface area contributed by atoms with Crippen molar-refractivity contribution in [2.45, 2.75) is 11.9 Å². The monoisotopic (exact) mass is 252 g/mol. The highest BCUT2D eigenvalue weighted by molar-refractivity contribution is 9.10. The van der Waals surface area contributed by atoms with Crippen molar-refractivity contribution in [1.29, 1.82) is 0 Å². The van der Waals surface area contributed by atoms with Crippen molar-refractivity contribution in [3.8, 4) is 0 Å². The number of hydrogen-bond donors (Lipinski definition) is 0. The Hall–Kier alpha value is 0.200. The van der Waals surface area contributed by atoms with Crippen LogP contribution >= 0.6 is 39.3 Å².